The Balaban J connectivity index is 2.91. The van der Waals surface area contributed by atoms with Crippen molar-refractivity contribution >= 4 is 33.0 Å². The molecule has 0 saturated carbocycles. The Bertz CT molecular complexity index is 512. The van der Waals surface area contributed by atoms with Crippen LogP contribution in [0, 0.1) is 17.1 Å². The summed E-state index contributed by atoms with van der Waals surface area (Å²) in [7, 11) is 0. The molecule has 0 aliphatic carbocycles. The summed E-state index contributed by atoms with van der Waals surface area (Å²) in [6, 6.07) is 6.27. The largest absolute Gasteiger partial charge is 0.207 e. The van der Waals surface area contributed by atoms with Crippen LogP contribution in [-0.2, 0) is 0 Å². The summed E-state index contributed by atoms with van der Waals surface area (Å²) < 4.78 is 14.1. The number of nitriles is 1. The maximum absolute atomic E-state index is 12.8. The Hall–Kier alpha value is -1.11. The van der Waals surface area contributed by atoms with Gasteiger partial charge in [0.05, 0.1) is 5.56 Å². The van der Waals surface area contributed by atoms with E-state index in [1.807, 2.05) is 6.07 Å². The van der Waals surface area contributed by atoms with Gasteiger partial charge in [0, 0.05) is 10.1 Å². The zero-order valence-electron chi connectivity index (χ0n) is 6.34. The molecule has 0 fully saturated rings. The van der Waals surface area contributed by atoms with E-state index in [0.29, 0.717) is 15.3 Å². The van der Waals surface area contributed by atoms with Gasteiger partial charge < -0.3 is 0 Å². The predicted octanol–water partition coefficient (Wildman–Crippen LogP) is 3.57. The minimum absolute atomic E-state index is 0.349. The number of halogens is 2. The summed E-state index contributed by atoms with van der Waals surface area (Å²) in [6.45, 7) is 0. The van der Waals surface area contributed by atoms with Crippen LogP contribution >= 0.6 is 22.9 Å². The number of nitrogens with zero attached hydrogens (tertiary/aromatic N) is 1. The van der Waals surface area contributed by atoms with Gasteiger partial charge in [0.1, 0.15) is 16.2 Å². The lowest BCUT2D eigenvalue weighted by atomic mass is 10.2. The molecule has 64 valence electrons. The molecule has 0 saturated heterocycles. The van der Waals surface area contributed by atoms with Crippen molar-refractivity contribution < 1.29 is 4.39 Å². The van der Waals surface area contributed by atoms with E-state index in [-0.39, 0.29) is 5.82 Å². The van der Waals surface area contributed by atoms with Crippen molar-refractivity contribution in [3.05, 3.63) is 33.9 Å². The number of hydrogen-bond donors (Lipinski definition) is 0. The highest BCUT2D eigenvalue weighted by Gasteiger charge is 2.09. The quantitative estimate of drug-likeness (QED) is 0.654. The van der Waals surface area contributed by atoms with Crippen LogP contribution in [0.4, 0.5) is 4.39 Å². The van der Waals surface area contributed by atoms with E-state index < -0.39 is 0 Å². The summed E-state index contributed by atoms with van der Waals surface area (Å²) in [5, 5.41) is 9.34. The van der Waals surface area contributed by atoms with Crippen molar-refractivity contribution in [2.75, 3.05) is 0 Å². The molecule has 0 N–H and O–H groups in total. The molecular weight excluding hydrogens is 209 g/mol. The lowest BCUT2D eigenvalue weighted by Crippen LogP contribution is -1.74. The number of thiophene rings is 1. The molecule has 0 amide bonds. The first-order chi connectivity index (χ1) is 6.22. The first-order valence-corrected chi connectivity index (χ1v) is 4.69. The van der Waals surface area contributed by atoms with Crippen LogP contribution in [0.2, 0.25) is 4.34 Å². The Kier molecular flexibility index (Phi) is 1.95. The summed E-state index contributed by atoms with van der Waals surface area (Å²) in [5.41, 5.74) is 0.362. The summed E-state index contributed by atoms with van der Waals surface area (Å²) in [4.78, 5) is 0. The monoisotopic (exact) mass is 211 g/mol. The zero-order valence-corrected chi connectivity index (χ0v) is 7.92. The topological polar surface area (TPSA) is 23.8 Å². The van der Waals surface area contributed by atoms with E-state index in [0.717, 1.165) is 4.70 Å². The van der Waals surface area contributed by atoms with Gasteiger partial charge in [0.2, 0.25) is 0 Å². The third-order valence-corrected chi connectivity index (χ3v) is 3.10. The molecule has 1 heterocycles. The number of hydrogen-bond acceptors (Lipinski definition) is 2. The average Bonchev–Trinajstić information content (AvgIpc) is 2.40. The van der Waals surface area contributed by atoms with E-state index in [9.17, 15) is 4.39 Å². The highest BCUT2D eigenvalue weighted by Crippen LogP contribution is 2.34. The van der Waals surface area contributed by atoms with Gasteiger partial charge in [-0.05, 0) is 18.2 Å². The molecule has 4 heteroatoms. The molecule has 1 aromatic carbocycles. The second kappa shape index (κ2) is 2.99. The molecule has 0 aliphatic heterocycles. The smallest absolute Gasteiger partial charge is 0.123 e. The molecule has 0 spiro atoms. The lowest BCUT2D eigenvalue weighted by Gasteiger charge is -1.89. The van der Waals surface area contributed by atoms with Crippen LogP contribution in [0.3, 0.4) is 0 Å². The van der Waals surface area contributed by atoms with Gasteiger partial charge in [-0.3, -0.25) is 0 Å². The van der Waals surface area contributed by atoms with E-state index in [1.165, 1.54) is 23.5 Å². The minimum atomic E-state index is -0.349. The van der Waals surface area contributed by atoms with Crippen LogP contribution in [0.15, 0.2) is 18.2 Å². The normalized spacial score (nSPS) is 10.2. The van der Waals surface area contributed by atoms with Gasteiger partial charge in [-0.15, -0.1) is 11.3 Å². The van der Waals surface area contributed by atoms with Gasteiger partial charge >= 0.3 is 0 Å². The first kappa shape index (κ1) is 8.49. The molecule has 13 heavy (non-hydrogen) atoms. The standard InChI is InChI=1S/C9H3ClFNS/c10-9-7(4-12)6-3-5(11)1-2-8(6)13-9/h1-3H. The highest BCUT2D eigenvalue weighted by atomic mass is 35.5. The van der Waals surface area contributed by atoms with Crippen LogP contribution in [0.25, 0.3) is 10.1 Å². The fraction of sp³-hybridized carbons (Fsp3) is 0. The Morgan fingerprint density at radius 2 is 2.23 bits per heavy atom. The summed E-state index contributed by atoms with van der Waals surface area (Å²) >= 11 is 7.08. The van der Waals surface area contributed by atoms with Crippen molar-refractivity contribution in [3.8, 4) is 6.07 Å². The maximum Gasteiger partial charge on any atom is 0.123 e. The van der Waals surface area contributed by atoms with Crippen molar-refractivity contribution in [1.82, 2.24) is 0 Å². The highest BCUT2D eigenvalue weighted by molar-refractivity contribution is 7.23. The zero-order chi connectivity index (χ0) is 9.42. The molecule has 1 nitrogen and oxygen atoms in total. The second-order valence-corrected chi connectivity index (χ2v) is 4.16. The maximum atomic E-state index is 12.8. The Morgan fingerprint density at radius 3 is 2.92 bits per heavy atom. The second-order valence-electron chi connectivity index (χ2n) is 2.50. The molecule has 2 rings (SSSR count). The molecular formula is C9H3ClFNS. The molecule has 0 atom stereocenters. The van der Waals surface area contributed by atoms with Crippen LogP contribution in [-0.4, -0.2) is 0 Å². The van der Waals surface area contributed by atoms with Crippen LogP contribution in [0.1, 0.15) is 5.56 Å². The molecule has 2 aromatic rings. The number of benzene rings is 1. The third kappa shape index (κ3) is 1.28. The van der Waals surface area contributed by atoms with Crippen molar-refractivity contribution in [2.45, 2.75) is 0 Å². The van der Waals surface area contributed by atoms with Gasteiger partial charge in [0.15, 0.2) is 0 Å². The van der Waals surface area contributed by atoms with Gasteiger partial charge in [-0.2, -0.15) is 5.26 Å². The van der Waals surface area contributed by atoms with E-state index in [2.05, 4.69) is 0 Å². The molecule has 0 unspecified atom stereocenters. The van der Waals surface area contributed by atoms with Gasteiger partial charge in [0.25, 0.3) is 0 Å². The first-order valence-electron chi connectivity index (χ1n) is 3.50. The van der Waals surface area contributed by atoms with Gasteiger partial charge in [-0.25, -0.2) is 4.39 Å². The average molecular weight is 212 g/mol. The SMILES string of the molecule is N#Cc1c(Cl)sc2ccc(F)cc12. The predicted molar refractivity (Wildman–Crippen MR) is 51.5 cm³/mol. The van der Waals surface area contributed by atoms with Crippen molar-refractivity contribution in [2.24, 2.45) is 0 Å². The Morgan fingerprint density at radius 1 is 1.46 bits per heavy atom. The molecule has 1 aromatic heterocycles. The van der Waals surface area contributed by atoms with E-state index in [1.54, 1.807) is 6.07 Å². The number of rotatable bonds is 0. The van der Waals surface area contributed by atoms with Crippen LogP contribution < -0.4 is 0 Å². The molecule has 0 radical (unpaired) electrons. The number of fused-ring (bicyclic) bond motifs is 1. The van der Waals surface area contributed by atoms with Gasteiger partial charge in [-0.1, -0.05) is 11.6 Å². The molecule has 0 aliphatic rings. The fourth-order valence-corrected chi connectivity index (χ4v) is 2.40. The third-order valence-electron chi connectivity index (χ3n) is 1.72. The van der Waals surface area contributed by atoms with E-state index in [4.69, 9.17) is 16.9 Å². The van der Waals surface area contributed by atoms with Crippen molar-refractivity contribution in [1.29, 1.82) is 5.26 Å². The minimum Gasteiger partial charge on any atom is -0.207 e. The van der Waals surface area contributed by atoms with Crippen LogP contribution in [0.5, 0.6) is 0 Å². The summed E-state index contributed by atoms with van der Waals surface area (Å²) in [5.74, 6) is -0.349. The van der Waals surface area contributed by atoms with E-state index >= 15 is 0 Å². The van der Waals surface area contributed by atoms with Crippen molar-refractivity contribution in [3.63, 3.8) is 0 Å². The summed E-state index contributed by atoms with van der Waals surface area (Å²) in [6.07, 6.45) is 0. The Labute approximate surface area is 83.0 Å². The molecule has 0 bridgehead atoms. The fourth-order valence-electron chi connectivity index (χ4n) is 1.14. The lowest BCUT2D eigenvalue weighted by molar-refractivity contribution is 0.630.